The van der Waals surface area contributed by atoms with Gasteiger partial charge in [-0.2, -0.15) is 0 Å². The summed E-state index contributed by atoms with van der Waals surface area (Å²) in [5, 5.41) is 4.76. The summed E-state index contributed by atoms with van der Waals surface area (Å²) in [5.41, 5.74) is 2.67. The molecule has 0 unspecified atom stereocenters. The van der Waals surface area contributed by atoms with Crippen molar-refractivity contribution in [1.29, 1.82) is 0 Å². The lowest BCUT2D eigenvalue weighted by Gasteiger charge is -2.35. The van der Waals surface area contributed by atoms with Crippen molar-refractivity contribution < 1.29 is 9.59 Å². The largest absolute Gasteiger partial charge is 0.352 e. The zero-order valence-corrected chi connectivity index (χ0v) is 21.0. The van der Waals surface area contributed by atoms with E-state index in [1.54, 1.807) is 22.6 Å². The van der Waals surface area contributed by atoms with E-state index >= 15 is 0 Å². The number of rotatable bonds is 6. The lowest BCUT2D eigenvalue weighted by atomic mass is 9.97. The fourth-order valence-electron chi connectivity index (χ4n) is 4.97. The van der Waals surface area contributed by atoms with Crippen LogP contribution >= 0.6 is 11.3 Å². The van der Waals surface area contributed by atoms with E-state index in [9.17, 15) is 19.2 Å². The zero-order chi connectivity index (χ0) is 25.2. The topological polar surface area (TPSA) is 133 Å². The van der Waals surface area contributed by atoms with Gasteiger partial charge in [0.2, 0.25) is 11.8 Å². The number of amides is 2. The van der Waals surface area contributed by atoms with Crippen LogP contribution in [0.15, 0.2) is 21.3 Å². The second kappa shape index (κ2) is 10.2. The van der Waals surface area contributed by atoms with Gasteiger partial charge in [-0.15, -0.1) is 11.3 Å². The number of carbonyl (C=O) groups is 2. The molecule has 2 aliphatic rings. The summed E-state index contributed by atoms with van der Waals surface area (Å²) in [5.74, 6) is 0.459. The van der Waals surface area contributed by atoms with Crippen LogP contribution in [0.2, 0.25) is 0 Å². The Morgan fingerprint density at radius 1 is 1.11 bits per heavy atom. The van der Waals surface area contributed by atoms with Gasteiger partial charge < -0.3 is 15.1 Å². The molecule has 0 spiro atoms. The van der Waals surface area contributed by atoms with Gasteiger partial charge in [-0.3, -0.25) is 23.9 Å². The summed E-state index contributed by atoms with van der Waals surface area (Å²) in [6, 6.07) is 0. The molecule has 1 aliphatic carbocycles. The molecular weight excluding hydrogens is 482 g/mol. The SMILES string of the molecule is Cc1csc2c(N3CCN(C(=O)CNC(=O)CCn4c5c(c(=O)[nH]c4=O)CCCC5)CC3)ncnc12. The van der Waals surface area contributed by atoms with Gasteiger partial charge in [0.05, 0.1) is 16.8 Å². The number of aromatic nitrogens is 4. The molecule has 3 aromatic rings. The van der Waals surface area contributed by atoms with Crippen LogP contribution in [0.1, 0.15) is 36.1 Å². The van der Waals surface area contributed by atoms with Crippen molar-refractivity contribution in [2.24, 2.45) is 0 Å². The standard InChI is InChI=1S/C24H29N7O4S/c1-15-13-36-21-20(15)26-14-27-22(21)30-10-8-29(9-11-30)19(33)12-25-18(32)6-7-31-17-5-3-2-4-16(17)23(34)28-24(31)35/h13-14H,2-12H2,1H3,(H,25,32)(H,28,34,35). The molecule has 0 atom stereocenters. The number of fused-ring (bicyclic) bond motifs is 2. The van der Waals surface area contributed by atoms with Crippen molar-refractivity contribution in [3.05, 3.63) is 49.4 Å². The van der Waals surface area contributed by atoms with E-state index in [1.165, 1.54) is 4.57 Å². The lowest BCUT2D eigenvalue weighted by Crippen LogP contribution is -2.51. The average molecular weight is 512 g/mol. The Kier molecular flexibility index (Phi) is 6.86. The maximum atomic E-state index is 12.7. The summed E-state index contributed by atoms with van der Waals surface area (Å²) in [6.45, 7) is 4.53. The number of aromatic amines is 1. The van der Waals surface area contributed by atoms with Gasteiger partial charge in [-0.05, 0) is 43.6 Å². The molecule has 0 aromatic carbocycles. The summed E-state index contributed by atoms with van der Waals surface area (Å²) in [7, 11) is 0. The molecule has 0 radical (unpaired) electrons. The molecule has 12 heteroatoms. The van der Waals surface area contributed by atoms with E-state index in [0.29, 0.717) is 44.6 Å². The minimum absolute atomic E-state index is 0.0589. The van der Waals surface area contributed by atoms with Crippen LogP contribution in [0.4, 0.5) is 5.82 Å². The number of thiophene rings is 1. The Labute approximate surface area is 211 Å². The first-order valence-corrected chi connectivity index (χ1v) is 13.1. The minimum Gasteiger partial charge on any atom is -0.352 e. The molecule has 190 valence electrons. The van der Waals surface area contributed by atoms with Crippen molar-refractivity contribution >= 4 is 39.2 Å². The number of H-pyrrole nitrogens is 1. The highest BCUT2D eigenvalue weighted by molar-refractivity contribution is 7.18. The Balaban J connectivity index is 1.12. The molecule has 1 saturated heterocycles. The Bertz CT molecular complexity index is 1420. The summed E-state index contributed by atoms with van der Waals surface area (Å²) < 4.78 is 2.56. The van der Waals surface area contributed by atoms with E-state index < -0.39 is 5.69 Å². The molecule has 1 fully saturated rings. The van der Waals surface area contributed by atoms with Gasteiger partial charge in [0.1, 0.15) is 12.1 Å². The van der Waals surface area contributed by atoms with Crippen LogP contribution in [0.5, 0.6) is 0 Å². The highest BCUT2D eigenvalue weighted by Gasteiger charge is 2.24. The first kappa shape index (κ1) is 24.2. The second-order valence-electron chi connectivity index (χ2n) is 9.23. The van der Waals surface area contributed by atoms with E-state index in [2.05, 4.69) is 30.5 Å². The van der Waals surface area contributed by atoms with E-state index in [0.717, 1.165) is 40.1 Å². The second-order valence-corrected chi connectivity index (χ2v) is 10.1. The van der Waals surface area contributed by atoms with Gasteiger partial charge in [-0.1, -0.05) is 0 Å². The van der Waals surface area contributed by atoms with E-state index in [-0.39, 0.29) is 36.9 Å². The molecule has 0 bridgehead atoms. The van der Waals surface area contributed by atoms with E-state index in [1.807, 2.05) is 6.92 Å². The van der Waals surface area contributed by atoms with Crippen LogP contribution in [-0.2, 0) is 29.0 Å². The van der Waals surface area contributed by atoms with Crippen molar-refractivity contribution in [3.8, 4) is 0 Å². The first-order valence-electron chi connectivity index (χ1n) is 12.3. The maximum Gasteiger partial charge on any atom is 0.328 e. The highest BCUT2D eigenvalue weighted by Crippen LogP contribution is 2.31. The monoisotopic (exact) mass is 511 g/mol. The van der Waals surface area contributed by atoms with Crippen molar-refractivity contribution in [2.45, 2.75) is 45.6 Å². The molecule has 1 aliphatic heterocycles. The number of hydrogen-bond donors (Lipinski definition) is 2. The van der Waals surface area contributed by atoms with E-state index in [4.69, 9.17) is 0 Å². The Morgan fingerprint density at radius 2 is 1.89 bits per heavy atom. The van der Waals surface area contributed by atoms with Crippen LogP contribution in [0.25, 0.3) is 10.2 Å². The third kappa shape index (κ3) is 4.77. The van der Waals surface area contributed by atoms with Crippen LogP contribution in [0.3, 0.4) is 0 Å². The maximum absolute atomic E-state index is 12.7. The molecule has 3 aromatic heterocycles. The summed E-state index contributed by atoms with van der Waals surface area (Å²) in [6.07, 6.45) is 4.78. The molecule has 0 saturated carbocycles. The lowest BCUT2D eigenvalue weighted by molar-refractivity contribution is -0.133. The molecule has 5 rings (SSSR count). The number of anilines is 1. The average Bonchev–Trinajstić information content (AvgIpc) is 3.28. The van der Waals surface area contributed by atoms with Gasteiger partial charge >= 0.3 is 5.69 Å². The van der Waals surface area contributed by atoms with Crippen LogP contribution in [-0.4, -0.2) is 69.0 Å². The van der Waals surface area contributed by atoms with Gasteiger partial charge in [0, 0.05) is 50.4 Å². The third-order valence-corrected chi connectivity index (χ3v) is 8.03. The van der Waals surface area contributed by atoms with Gasteiger partial charge in [-0.25, -0.2) is 14.8 Å². The third-order valence-electron chi connectivity index (χ3n) is 6.95. The predicted octanol–water partition coefficient (Wildman–Crippen LogP) is 0.584. The van der Waals surface area contributed by atoms with Gasteiger partial charge in [0.15, 0.2) is 0 Å². The quantitative estimate of drug-likeness (QED) is 0.495. The fourth-order valence-corrected chi connectivity index (χ4v) is 5.99. The summed E-state index contributed by atoms with van der Waals surface area (Å²) >= 11 is 1.63. The van der Waals surface area contributed by atoms with Crippen molar-refractivity contribution in [1.82, 2.24) is 29.7 Å². The van der Waals surface area contributed by atoms with Crippen LogP contribution in [0, 0.1) is 6.92 Å². The number of nitrogens with one attached hydrogen (secondary N) is 2. The highest BCUT2D eigenvalue weighted by atomic mass is 32.1. The number of hydrogen-bond acceptors (Lipinski definition) is 8. The molecule has 4 heterocycles. The molecule has 36 heavy (non-hydrogen) atoms. The number of carbonyl (C=O) groups excluding carboxylic acids is 2. The van der Waals surface area contributed by atoms with Crippen molar-refractivity contribution in [3.63, 3.8) is 0 Å². The van der Waals surface area contributed by atoms with Gasteiger partial charge in [0.25, 0.3) is 5.56 Å². The molecule has 11 nitrogen and oxygen atoms in total. The predicted molar refractivity (Wildman–Crippen MR) is 137 cm³/mol. The fraction of sp³-hybridized carbons (Fsp3) is 0.500. The summed E-state index contributed by atoms with van der Waals surface area (Å²) in [4.78, 5) is 64.6. The molecular formula is C24H29N7O4S. The minimum atomic E-state index is -0.485. The normalized spacial score (nSPS) is 15.7. The number of piperazine rings is 1. The van der Waals surface area contributed by atoms with Crippen molar-refractivity contribution in [2.75, 3.05) is 37.6 Å². The zero-order valence-electron chi connectivity index (χ0n) is 20.2. The van der Waals surface area contributed by atoms with Crippen LogP contribution < -0.4 is 21.5 Å². The Morgan fingerprint density at radius 3 is 2.69 bits per heavy atom. The number of nitrogens with zero attached hydrogens (tertiary/aromatic N) is 5. The molecule has 2 N–H and O–H groups in total. The molecule has 2 amide bonds. The smallest absolute Gasteiger partial charge is 0.328 e. The first-order chi connectivity index (χ1) is 17.4. The number of aryl methyl sites for hydroxylation is 1. The Hall–Kier alpha value is -3.54.